The van der Waals surface area contributed by atoms with Gasteiger partial charge in [-0.15, -0.1) is 0 Å². The summed E-state index contributed by atoms with van der Waals surface area (Å²) < 4.78 is 21.5. The number of nitrogens with zero attached hydrogens (tertiary/aromatic N) is 1. The summed E-state index contributed by atoms with van der Waals surface area (Å²) in [4.78, 5) is 26.4. The zero-order valence-electron chi connectivity index (χ0n) is 17.0. The van der Waals surface area contributed by atoms with Gasteiger partial charge in [0, 0.05) is 6.54 Å². The number of esters is 1. The monoisotopic (exact) mass is 439 g/mol. The molecule has 9 heteroatoms. The van der Waals surface area contributed by atoms with E-state index in [1.165, 1.54) is 38.0 Å². The first-order valence-corrected chi connectivity index (χ1v) is 10.4. The predicted octanol–water partition coefficient (Wildman–Crippen LogP) is 3.65. The largest absolute Gasteiger partial charge is 0.493 e. The number of unbranched alkanes of at least 4 members (excludes halogenated alkanes) is 1. The van der Waals surface area contributed by atoms with E-state index < -0.39 is 0 Å². The van der Waals surface area contributed by atoms with E-state index in [0.29, 0.717) is 38.6 Å². The third-order valence-corrected chi connectivity index (χ3v) is 5.54. The van der Waals surface area contributed by atoms with Crippen LogP contribution in [0.1, 0.15) is 31.7 Å². The lowest BCUT2D eigenvalue weighted by molar-refractivity contribution is -0.144. The van der Waals surface area contributed by atoms with Gasteiger partial charge in [0.15, 0.2) is 11.5 Å². The van der Waals surface area contributed by atoms with Gasteiger partial charge in [-0.25, -0.2) is 0 Å². The minimum atomic E-state index is -0.332. The van der Waals surface area contributed by atoms with Crippen LogP contribution in [0.25, 0.3) is 6.08 Å². The number of rotatable bonds is 10. The molecule has 1 aliphatic rings. The molecular weight excluding hydrogens is 414 g/mol. The number of thioether (sulfide) groups is 1. The van der Waals surface area contributed by atoms with Crippen molar-refractivity contribution < 1.29 is 28.5 Å². The van der Waals surface area contributed by atoms with Crippen molar-refractivity contribution in [3.63, 3.8) is 0 Å². The molecular formula is C20H25NO6S2. The standard InChI is InChI=1S/C20H25NO6S2/c1-5-6-9-27-17(22)7-8-21-19(23)16(29-20(21)28)12-13-10-14(24-2)18(26-4)15(11-13)25-3/h10-12H,5-9H2,1-4H3/b16-12-. The molecule has 1 aromatic rings. The van der Waals surface area contributed by atoms with Crippen LogP contribution in [0.2, 0.25) is 0 Å². The Labute approximate surface area is 180 Å². The zero-order valence-corrected chi connectivity index (χ0v) is 18.6. The van der Waals surface area contributed by atoms with Crippen LogP contribution in [0, 0.1) is 0 Å². The smallest absolute Gasteiger partial charge is 0.307 e. The number of methoxy groups -OCH3 is 3. The van der Waals surface area contributed by atoms with Gasteiger partial charge >= 0.3 is 5.97 Å². The van der Waals surface area contributed by atoms with Crippen LogP contribution in [-0.2, 0) is 14.3 Å². The van der Waals surface area contributed by atoms with Gasteiger partial charge in [-0.1, -0.05) is 37.3 Å². The van der Waals surface area contributed by atoms with Crippen molar-refractivity contribution in [3.8, 4) is 17.2 Å². The average molecular weight is 440 g/mol. The molecule has 2 rings (SSSR count). The number of amides is 1. The number of thiocarbonyl (C=S) groups is 1. The summed E-state index contributed by atoms with van der Waals surface area (Å²) in [6.07, 6.45) is 3.59. The zero-order chi connectivity index (χ0) is 21.4. The summed E-state index contributed by atoms with van der Waals surface area (Å²) in [5.74, 6) is 0.879. The van der Waals surface area contributed by atoms with E-state index in [9.17, 15) is 9.59 Å². The summed E-state index contributed by atoms with van der Waals surface area (Å²) >= 11 is 6.50. The summed E-state index contributed by atoms with van der Waals surface area (Å²) in [5, 5.41) is 0. The first-order chi connectivity index (χ1) is 13.9. The molecule has 1 amide bonds. The second-order valence-corrected chi connectivity index (χ2v) is 7.79. The van der Waals surface area contributed by atoms with E-state index >= 15 is 0 Å². The molecule has 158 valence electrons. The fourth-order valence-corrected chi connectivity index (χ4v) is 3.94. The Hall–Kier alpha value is -2.26. The minimum absolute atomic E-state index is 0.105. The molecule has 7 nitrogen and oxygen atoms in total. The van der Waals surface area contributed by atoms with Crippen LogP contribution in [0.4, 0.5) is 0 Å². The van der Waals surface area contributed by atoms with E-state index in [1.54, 1.807) is 18.2 Å². The Morgan fingerprint density at radius 1 is 1.17 bits per heavy atom. The van der Waals surface area contributed by atoms with Crippen molar-refractivity contribution in [1.29, 1.82) is 0 Å². The second kappa shape index (κ2) is 11.1. The van der Waals surface area contributed by atoms with Crippen LogP contribution < -0.4 is 14.2 Å². The third kappa shape index (κ3) is 5.86. The van der Waals surface area contributed by atoms with Gasteiger partial charge in [-0.2, -0.15) is 0 Å². The molecule has 0 radical (unpaired) electrons. The van der Waals surface area contributed by atoms with Gasteiger partial charge in [0.2, 0.25) is 5.75 Å². The molecule has 1 saturated heterocycles. The molecule has 0 N–H and O–H groups in total. The Bertz CT molecular complexity index is 783. The van der Waals surface area contributed by atoms with Crippen molar-refractivity contribution in [2.24, 2.45) is 0 Å². The van der Waals surface area contributed by atoms with Crippen molar-refractivity contribution in [3.05, 3.63) is 22.6 Å². The fraction of sp³-hybridized carbons (Fsp3) is 0.450. The average Bonchev–Trinajstić information content (AvgIpc) is 2.98. The number of hydrogen-bond acceptors (Lipinski definition) is 8. The van der Waals surface area contributed by atoms with Crippen LogP contribution in [0.3, 0.4) is 0 Å². The molecule has 1 heterocycles. The maximum absolute atomic E-state index is 12.7. The van der Waals surface area contributed by atoms with E-state index in [0.717, 1.165) is 12.8 Å². The van der Waals surface area contributed by atoms with Crippen molar-refractivity contribution in [2.75, 3.05) is 34.5 Å². The van der Waals surface area contributed by atoms with Crippen molar-refractivity contribution in [1.82, 2.24) is 4.90 Å². The maximum Gasteiger partial charge on any atom is 0.307 e. The lowest BCUT2D eigenvalue weighted by Crippen LogP contribution is -2.30. The topological polar surface area (TPSA) is 74.3 Å². The molecule has 1 aromatic carbocycles. The molecule has 0 aliphatic carbocycles. The van der Waals surface area contributed by atoms with Crippen LogP contribution >= 0.6 is 24.0 Å². The Balaban J connectivity index is 2.12. The second-order valence-electron chi connectivity index (χ2n) is 6.12. The van der Waals surface area contributed by atoms with E-state index in [1.807, 2.05) is 6.92 Å². The molecule has 0 spiro atoms. The molecule has 0 unspecified atom stereocenters. The summed E-state index contributed by atoms with van der Waals surface area (Å²) in [5.41, 5.74) is 0.707. The van der Waals surface area contributed by atoms with E-state index in [-0.39, 0.29) is 24.8 Å². The molecule has 1 aliphatic heterocycles. The van der Waals surface area contributed by atoms with E-state index in [4.69, 9.17) is 31.2 Å². The number of benzene rings is 1. The van der Waals surface area contributed by atoms with Crippen LogP contribution in [0.5, 0.6) is 17.2 Å². The fourth-order valence-electron chi connectivity index (χ4n) is 2.63. The first kappa shape index (κ1) is 23.0. The van der Waals surface area contributed by atoms with Crippen LogP contribution in [-0.4, -0.2) is 55.6 Å². The maximum atomic E-state index is 12.7. The first-order valence-electron chi connectivity index (χ1n) is 9.16. The van der Waals surface area contributed by atoms with Gasteiger partial charge in [-0.3, -0.25) is 14.5 Å². The van der Waals surface area contributed by atoms with Crippen molar-refractivity contribution >= 4 is 46.3 Å². The number of hydrogen-bond donors (Lipinski definition) is 0. The van der Waals surface area contributed by atoms with Crippen molar-refractivity contribution in [2.45, 2.75) is 26.2 Å². The normalized spacial score (nSPS) is 15.0. The summed E-state index contributed by atoms with van der Waals surface area (Å²) in [6.45, 7) is 2.62. The Morgan fingerprint density at radius 3 is 2.38 bits per heavy atom. The highest BCUT2D eigenvalue weighted by Gasteiger charge is 2.32. The predicted molar refractivity (Wildman–Crippen MR) is 116 cm³/mol. The molecule has 0 atom stereocenters. The quantitative estimate of drug-likeness (QED) is 0.237. The third-order valence-electron chi connectivity index (χ3n) is 4.16. The molecule has 0 aromatic heterocycles. The Kier molecular flexibility index (Phi) is 8.78. The summed E-state index contributed by atoms with van der Waals surface area (Å²) in [7, 11) is 4.58. The lowest BCUT2D eigenvalue weighted by atomic mass is 10.1. The number of carbonyl (C=O) groups excluding carboxylic acids is 2. The highest BCUT2D eigenvalue weighted by atomic mass is 32.2. The van der Waals surface area contributed by atoms with E-state index in [2.05, 4.69) is 0 Å². The Morgan fingerprint density at radius 2 is 1.83 bits per heavy atom. The lowest BCUT2D eigenvalue weighted by Gasteiger charge is -2.14. The molecule has 1 fully saturated rings. The molecule has 0 bridgehead atoms. The number of carbonyl (C=O) groups is 2. The molecule has 0 saturated carbocycles. The van der Waals surface area contributed by atoms with Gasteiger partial charge in [0.25, 0.3) is 5.91 Å². The van der Waals surface area contributed by atoms with Gasteiger partial charge in [0.05, 0.1) is 39.3 Å². The van der Waals surface area contributed by atoms with Gasteiger partial charge in [0.1, 0.15) is 4.32 Å². The van der Waals surface area contributed by atoms with Gasteiger partial charge in [-0.05, 0) is 30.2 Å². The minimum Gasteiger partial charge on any atom is -0.493 e. The SMILES string of the molecule is CCCCOC(=O)CCN1C(=O)/C(=C/c2cc(OC)c(OC)c(OC)c2)SC1=S. The number of ether oxygens (including phenoxy) is 4. The molecule has 29 heavy (non-hydrogen) atoms. The highest BCUT2D eigenvalue weighted by Crippen LogP contribution is 2.40. The van der Waals surface area contributed by atoms with Gasteiger partial charge < -0.3 is 18.9 Å². The summed E-state index contributed by atoms with van der Waals surface area (Å²) in [6, 6.07) is 3.50. The van der Waals surface area contributed by atoms with Crippen LogP contribution in [0.15, 0.2) is 17.0 Å². The highest BCUT2D eigenvalue weighted by molar-refractivity contribution is 8.26.